The van der Waals surface area contributed by atoms with E-state index in [9.17, 15) is 4.79 Å². The second-order valence-corrected chi connectivity index (χ2v) is 6.91. The first kappa shape index (κ1) is 17.8. The molecule has 0 spiro atoms. The number of anilines is 2. The Morgan fingerprint density at radius 3 is 2.19 bits per heavy atom. The van der Waals surface area contributed by atoms with Crippen molar-refractivity contribution in [3.05, 3.63) is 36.5 Å². The Bertz CT molecular complexity index is 749. The van der Waals surface area contributed by atoms with Gasteiger partial charge >= 0.3 is 0 Å². The molecule has 8 nitrogen and oxygen atoms in total. The van der Waals surface area contributed by atoms with Crippen LogP contribution in [0.15, 0.2) is 35.2 Å². The lowest BCUT2D eigenvalue weighted by Gasteiger charge is -2.36. The summed E-state index contributed by atoms with van der Waals surface area (Å²) in [5.41, 5.74) is 0. The van der Waals surface area contributed by atoms with Crippen LogP contribution in [0.25, 0.3) is 0 Å². The Labute approximate surface area is 159 Å². The molecule has 2 aliphatic heterocycles. The molecule has 0 saturated carbocycles. The Kier molecular flexibility index (Phi) is 5.24. The van der Waals surface area contributed by atoms with Gasteiger partial charge in [-0.05, 0) is 18.7 Å². The number of amides is 1. The van der Waals surface area contributed by atoms with E-state index >= 15 is 0 Å². The number of aromatic nitrogens is 2. The molecule has 2 fully saturated rings. The number of piperazine rings is 2. The number of likely N-dealkylation sites (N-methyl/N-ethyl adjacent to an activating group) is 1. The van der Waals surface area contributed by atoms with Crippen LogP contribution >= 0.6 is 0 Å². The summed E-state index contributed by atoms with van der Waals surface area (Å²) in [7, 11) is 0. The predicted molar refractivity (Wildman–Crippen MR) is 103 cm³/mol. The fourth-order valence-electron chi connectivity index (χ4n) is 3.67. The van der Waals surface area contributed by atoms with E-state index in [0.717, 1.165) is 57.4 Å². The first-order valence-electron chi connectivity index (χ1n) is 9.61. The van der Waals surface area contributed by atoms with Gasteiger partial charge in [0, 0.05) is 58.4 Å². The highest BCUT2D eigenvalue weighted by atomic mass is 16.3. The van der Waals surface area contributed by atoms with Crippen molar-refractivity contribution in [2.75, 3.05) is 68.7 Å². The minimum atomic E-state index is -0.0446. The molecule has 1 amide bonds. The van der Waals surface area contributed by atoms with E-state index in [2.05, 4.69) is 37.7 Å². The van der Waals surface area contributed by atoms with Gasteiger partial charge in [-0.1, -0.05) is 6.92 Å². The Balaban J connectivity index is 1.37. The average Bonchev–Trinajstić information content (AvgIpc) is 3.28. The Morgan fingerprint density at radius 1 is 1.00 bits per heavy atom. The maximum Gasteiger partial charge on any atom is 0.289 e. The van der Waals surface area contributed by atoms with Gasteiger partial charge in [0.25, 0.3) is 5.91 Å². The zero-order chi connectivity index (χ0) is 18.6. The molecule has 0 aliphatic carbocycles. The van der Waals surface area contributed by atoms with Crippen LogP contribution in [0.3, 0.4) is 0 Å². The second-order valence-electron chi connectivity index (χ2n) is 6.91. The van der Waals surface area contributed by atoms with Crippen LogP contribution in [0.2, 0.25) is 0 Å². The van der Waals surface area contributed by atoms with Crippen molar-refractivity contribution in [2.24, 2.45) is 0 Å². The second kappa shape index (κ2) is 7.96. The zero-order valence-corrected chi connectivity index (χ0v) is 15.8. The molecule has 0 atom stereocenters. The van der Waals surface area contributed by atoms with Crippen LogP contribution < -0.4 is 9.80 Å². The van der Waals surface area contributed by atoms with Crippen LogP contribution in [-0.2, 0) is 0 Å². The van der Waals surface area contributed by atoms with Gasteiger partial charge in [0.15, 0.2) is 5.76 Å². The van der Waals surface area contributed by atoms with E-state index in [4.69, 9.17) is 4.42 Å². The molecule has 0 aromatic carbocycles. The third-order valence-corrected chi connectivity index (χ3v) is 5.40. The van der Waals surface area contributed by atoms with Crippen LogP contribution in [0, 0.1) is 0 Å². The number of carbonyl (C=O) groups is 1. The van der Waals surface area contributed by atoms with Gasteiger partial charge in [0.1, 0.15) is 18.0 Å². The fourth-order valence-corrected chi connectivity index (χ4v) is 3.67. The smallest absolute Gasteiger partial charge is 0.289 e. The first-order chi connectivity index (χ1) is 13.2. The highest BCUT2D eigenvalue weighted by molar-refractivity contribution is 5.91. The highest BCUT2D eigenvalue weighted by Gasteiger charge is 2.25. The molecule has 0 N–H and O–H groups in total. The molecule has 2 aromatic heterocycles. The minimum Gasteiger partial charge on any atom is -0.459 e. The number of hydrogen-bond acceptors (Lipinski definition) is 7. The summed E-state index contributed by atoms with van der Waals surface area (Å²) in [6.07, 6.45) is 3.18. The fraction of sp³-hybridized carbons (Fsp3) is 0.526. The van der Waals surface area contributed by atoms with Crippen molar-refractivity contribution in [1.29, 1.82) is 0 Å². The number of hydrogen-bond donors (Lipinski definition) is 0. The quantitative estimate of drug-likeness (QED) is 0.800. The lowest BCUT2D eigenvalue weighted by Crippen LogP contribution is -2.49. The minimum absolute atomic E-state index is 0.0446. The molecule has 2 aliphatic rings. The van der Waals surface area contributed by atoms with Gasteiger partial charge in [0.05, 0.1) is 6.26 Å². The summed E-state index contributed by atoms with van der Waals surface area (Å²) in [6.45, 7) is 10.3. The number of rotatable bonds is 4. The van der Waals surface area contributed by atoms with E-state index < -0.39 is 0 Å². The zero-order valence-electron chi connectivity index (χ0n) is 15.8. The summed E-state index contributed by atoms with van der Waals surface area (Å²) >= 11 is 0. The summed E-state index contributed by atoms with van der Waals surface area (Å²) < 4.78 is 5.22. The first-order valence-corrected chi connectivity index (χ1v) is 9.61. The molecular formula is C19H26N6O2. The lowest BCUT2D eigenvalue weighted by atomic mass is 10.2. The van der Waals surface area contributed by atoms with Gasteiger partial charge in [-0.25, -0.2) is 9.97 Å². The number of carbonyl (C=O) groups excluding carboxylic acids is 1. The SMILES string of the molecule is CCN1CCN(c2cc(N3CCN(C(=O)c4ccco4)CC3)ncn2)CC1. The molecule has 0 unspecified atom stereocenters. The Hall–Kier alpha value is -2.61. The van der Waals surface area contributed by atoms with Crippen molar-refractivity contribution >= 4 is 17.5 Å². The molecular weight excluding hydrogens is 344 g/mol. The van der Waals surface area contributed by atoms with Gasteiger partial charge in [-0.3, -0.25) is 4.79 Å². The maximum atomic E-state index is 12.4. The van der Waals surface area contributed by atoms with Crippen LogP contribution in [0.5, 0.6) is 0 Å². The van der Waals surface area contributed by atoms with E-state index in [1.54, 1.807) is 18.5 Å². The van der Waals surface area contributed by atoms with Crippen molar-refractivity contribution in [3.8, 4) is 0 Å². The molecule has 27 heavy (non-hydrogen) atoms. The van der Waals surface area contributed by atoms with Crippen LogP contribution in [-0.4, -0.2) is 84.6 Å². The molecule has 4 heterocycles. The van der Waals surface area contributed by atoms with Gasteiger partial charge in [-0.15, -0.1) is 0 Å². The largest absolute Gasteiger partial charge is 0.459 e. The number of nitrogens with zero attached hydrogens (tertiary/aromatic N) is 6. The third-order valence-electron chi connectivity index (χ3n) is 5.40. The molecule has 144 valence electrons. The number of furan rings is 1. The van der Waals surface area contributed by atoms with E-state index in [1.807, 2.05) is 4.90 Å². The van der Waals surface area contributed by atoms with E-state index in [1.165, 1.54) is 6.26 Å². The summed E-state index contributed by atoms with van der Waals surface area (Å²) in [5, 5.41) is 0. The lowest BCUT2D eigenvalue weighted by molar-refractivity contribution is 0.0714. The average molecular weight is 370 g/mol. The summed E-state index contributed by atoms with van der Waals surface area (Å²) in [6, 6.07) is 5.53. The van der Waals surface area contributed by atoms with Crippen molar-refractivity contribution in [1.82, 2.24) is 19.8 Å². The summed E-state index contributed by atoms with van der Waals surface area (Å²) in [5.74, 6) is 2.28. The van der Waals surface area contributed by atoms with Crippen molar-refractivity contribution < 1.29 is 9.21 Å². The van der Waals surface area contributed by atoms with E-state index in [0.29, 0.717) is 18.8 Å². The Morgan fingerprint density at radius 2 is 1.63 bits per heavy atom. The molecule has 8 heteroatoms. The topological polar surface area (TPSA) is 69.0 Å². The van der Waals surface area contributed by atoms with Crippen LogP contribution in [0.1, 0.15) is 17.5 Å². The molecule has 2 aromatic rings. The van der Waals surface area contributed by atoms with Gasteiger partial charge in [-0.2, -0.15) is 0 Å². The van der Waals surface area contributed by atoms with Crippen molar-refractivity contribution in [3.63, 3.8) is 0 Å². The van der Waals surface area contributed by atoms with Crippen molar-refractivity contribution in [2.45, 2.75) is 6.92 Å². The highest BCUT2D eigenvalue weighted by Crippen LogP contribution is 2.20. The predicted octanol–water partition coefficient (Wildman–Crippen LogP) is 1.17. The molecule has 2 saturated heterocycles. The molecule has 4 rings (SSSR count). The standard InChI is InChI=1S/C19H26N6O2/c1-2-22-5-7-23(8-6-22)17-14-18(21-15-20-17)24-9-11-25(12-10-24)19(26)16-4-3-13-27-16/h3-4,13-15H,2,5-12H2,1H3. The maximum absolute atomic E-state index is 12.4. The normalized spacial score (nSPS) is 18.8. The van der Waals surface area contributed by atoms with Gasteiger partial charge < -0.3 is 24.0 Å². The monoisotopic (exact) mass is 370 g/mol. The summed E-state index contributed by atoms with van der Waals surface area (Å²) in [4.78, 5) is 30.2. The van der Waals surface area contributed by atoms with Crippen LogP contribution in [0.4, 0.5) is 11.6 Å². The third kappa shape index (κ3) is 3.90. The molecule has 0 radical (unpaired) electrons. The molecule has 0 bridgehead atoms. The van der Waals surface area contributed by atoms with Gasteiger partial charge in [0.2, 0.25) is 0 Å². The van der Waals surface area contributed by atoms with E-state index in [-0.39, 0.29) is 5.91 Å².